The number of carboxylic acid groups (broad SMARTS) is 1. The summed E-state index contributed by atoms with van der Waals surface area (Å²) < 4.78 is -0.133. The first-order valence-corrected chi connectivity index (χ1v) is 4.92. The molecule has 1 aliphatic carbocycles. The summed E-state index contributed by atoms with van der Waals surface area (Å²) in [5.41, 5.74) is -1.46. The molecule has 11 heavy (non-hydrogen) atoms. The molecule has 1 aliphatic rings. The van der Waals surface area contributed by atoms with Crippen LogP contribution in [0.2, 0.25) is 0 Å². The molecule has 2 N–H and O–H groups in total. The molecule has 0 radical (unpaired) electrons. The van der Waals surface area contributed by atoms with Crippen LogP contribution in [0, 0.1) is 0 Å². The molecule has 64 valence electrons. The maximum atomic E-state index is 10.6. The van der Waals surface area contributed by atoms with E-state index in [-0.39, 0.29) is 3.92 Å². The third-order valence-electron chi connectivity index (χ3n) is 2.15. The van der Waals surface area contributed by atoms with Crippen LogP contribution in [0.3, 0.4) is 0 Å². The highest BCUT2D eigenvalue weighted by atomic mass is 127. The molecule has 0 aromatic rings. The van der Waals surface area contributed by atoms with Gasteiger partial charge in [0.2, 0.25) is 0 Å². The highest BCUT2D eigenvalue weighted by Gasteiger charge is 2.44. The van der Waals surface area contributed by atoms with Crippen molar-refractivity contribution in [3.63, 3.8) is 0 Å². The molecule has 0 aliphatic heterocycles. The maximum Gasteiger partial charge on any atom is 0.336 e. The predicted octanol–water partition coefficient (Wildman–Crippen LogP) is 1.18. The third kappa shape index (κ3) is 1.66. The normalized spacial score (nSPS) is 38.5. The van der Waals surface area contributed by atoms with E-state index in [2.05, 4.69) is 0 Å². The van der Waals surface area contributed by atoms with Gasteiger partial charge in [-0.2, -0.15) is 0 Å². The summed E-state index contributed by atoms with van der Waals surface area (Å²) in [5, 5.41) is 18.3. The van der Waals surface area contributed by atoms with E-state index in [0.29, 0.717) is 6.42 Å². The van der Waals surface area contributed by atoms with E-state index in [9.17, 15) is 9.90 Å². The lowest BCUT2D eigenvalue weighted by Gasteiger charge is -2.32. The quantitative estimate of drug-likeness (QED) is 0.555. The van der Waals surface area contributed by atoms with Crippen molar-refractivity contribution >= 4 is 28.6 Å². The lowest BCUT2D eigenvalue weighted by atomic mass is 9.85. The van der Waals surface area contributed by atoms with Crippen molar-refractivity contribution in [3.05, 3.63) is 0 Å². The average molecular weight is 270 g/mol. The highest BCUT2D eigenvalue weighted by molar-refractivity contribution is 14.1. The topological polar surface area (TPSA) is 57.5 Å². The maximum absolute atomic E-state index is 10.6. The first-order valence-electron chi connectivity index (χ1n) is 3.67. The lowest BCUT2D eigenvalue weighted by molar-refractivity contribution is -0.160. The van der Waals surface area contributed by atoms with Crippen molar-refractivity contribution in [3.8, 4) is 0 Å². The van der Waals surface area contributed by atoms with Crippen LogP contribution in [0.5, 0.6) is 0 Å². The summed E-state index contributed by atoms with van der Waals surface area (Å²) in [4.78, 5) is 10.6. The zero-order valence-corrected chi connectivity index (χ0v) is 8.24. The standard InChI is InChI=1S/C7H11IO3/c8-5-3-1-2-4-7(5,11)6(9)10/h5,11H,1-4H2,(H,9,10)/t5-,7-/m1/s1. The van der Waals surface area contributed by atoms with Crippen molar-refractivity contribution < 1.29 is 15.0 Å². The van der Waals surface area contributed by atoms with Crippen LogP contribution in [-0.2, 0) is 4.79 Å². The van der Waals surface area contributed by atoms with E-state index < -0.39 is 11.6 Å². The van der Waals surface area contributed by atoms with Gasteiger partial charge in [0.05, 0.1) is 3.92 Å². The van der Waals surface area contributed by atoms with Crippen LogP contribution in [0.4, 0.5) is 0 Å². The van der Waals surface area contributed by atoms with Gasteiger partial charge in [-0.1, -0.05) is 29.0 Å². The third-order valence-corrected chi connectivity index (χ3v) is 3.81. The van der Waals surface area contributed by atoms with Gasteiger partial charge in [0.25, 0.3) is 0 Å². The van der Waals surface area contributed by atoms with E-state index in [1.807, 2.05) is 22.6 Å². The van der Waals surface area contributed by atoms with Crippen molar-refractivity contribution in [2.45, 2.75) is 35.2 Å². The molecule has 0 saturated heterocycles. The molecule has 0 aromatic carbocycles. The number of rotatable bonds is 1. The number of hydrogen-bond acceptors (Lipinski definition) is 2. The molecular formula is C7H11IO3. The Hall–Kier alpha value is 0.160. The smallest absolute Gasteiger partial charge is 0.336 e. The highest BCUT2D eigenvalue weighted by Crippen LogP contribution is 2.33. The summed E-state index contributed by atoms with van der Waals surface area (Å²) >= 11 is 2.02. The molecule has 0 heterocycles. The number of aliphatic carboxylic acids is 1. The van der Waals surface area contributed by atoms with Crippen molar-refractivity contribution in [2.24, 2.45) is 0 Å². The summed E-state index contributed by atoms with van der Waals surface area (Å²) in [6, 6.07) is 0. The number of hydrogen-bond donors (Lipinski definition) is 2. The largest absolute Gasteiger partial charge is 0.479 e. The molecule has 0 unspecified atom stereocenters. The van der Waals surface area contributed by atoms with E-state index >= 15 is 0 Å². The van der Waals surface area contributed by atoms with Crippen LogP contribution in [0.25, 0.3) is 0 Å². The fraction of sp³-hybridized carbons (Fsp3) is 0.857. The van der Waals surface area contributed by atoms with Crippen LogP contribution in [-0.4, -0.2) is 25.7 Å². The SMILES string of the molecule is O=C(O)[C@@]1(O)CCCC[C@H]1I. The first kappa shape index (κ1) is 9.25. The zero-order valence-electron chi connectivity index (χ0n) is 6.09. The molecule has 0 amide bonds. The lowest BCUT2D eigenvalue weighted by Crippen LogP contribution is -2.48. The Morgan fingerprint density at radius 3 is 2.55 bits per heavy atom. The van der Waals surface area contributed by atoms with Crippen LogP contribution in [0.15, 0.2) is 0 Å². The fourth-order valence-corrected chi connectivity index (χ4v) is 2.37. The molecular weight excluding hydrogens is 259 g/mol. The predicted molar refractivity (Wildman–Crippen MR) is 48.9 cm³/mol. The Kier molecular flexibility index (Phi) is 2.74. The first-order chi connectivity index (χ1) is 5.07. The van der Waals surface area contributed by atoms with E-state index in [1.165, 1.54) is 0 Å². The van der Waals surface area contributed by atoms with Crippen molar-refractivity contribution in [1.82, 2.24) is 0 Å². The second-order valence-electron chi connectivity index (χ2n) is 2.94. The van der Waals surface area contributed by atoms with Gasteiger partial charge in [0.15, 0.2) is 5.60 Å². The monoisotopic (exact) mass is 270 g/mol. The number of carboxylic acids is 1. The molecule has 1 saturated carbocycles. The van der Waals surface area contributed by atoms with Crippen LogP contribution < -0.4 is 0 Å². The van der Waals surface area contributed by atoms with Crippen LogP contribution in [0.1, 0.15) is 25.7 Å². The van der Waals surface area contributed by atoms with Gasteiger partial charge in [0.1, 0.15) is 0 Å². The second kappa shape index (κ2) is 3.26. The molecule has 0 bridgehead atoms. The molecule has 0 aromatic heterocycles. The molecule has 3 nitrogen and oxygen atoms in total. The minimum Gasteiger partial charge on any atom is -0.479 e. The number of halogens is 1. The Morgan fingerprint density at radius 2 is 2.18 bits per heavy atom. The van der Waals surface area contributed by atoms with Gasteiger partial charge in [-0.15, -0.1) is 0 Å². The fourth-order valence-electron chi connectivity index (χ4n) is 1.35. The Balaban J connectivity index is 2.72. The second-order valence-corrected chi connectivity index (χ2v) is 4.45. The van der Waals surface area contributed by atoms with E-state index in [0.717, 1.165) is 19.3 Å². The van der Waals surface area contributed by atoms with Crippen molar-refractivity contribution in [1.29, 1.82) is 0 Å². The number of aliphatic hydroxyl groups is 1. The Bertz CT molecular complexity index is 171. The van der Waals surface area contributed by atoms with Gasteiger partial charge in [-0.25, -0.2) is 4.79 Å². The van der Waals surface area contributed by atoms with Gasteiger partial charge >= 0.3 is 5.97 Å². The Labute approximate surface area is 78.9 Å². The summed E-state index contributed by atoms with van der Waals surface area (Å²) in [5.74, 6) is -1.07. The van der Waals surface area contributed by atoms with E-state index in [1.54, 1.807) is 0 Å². The molecule has 4 heteroatoms. The molecule has 2 atom stereocenters. The van der Waals surface area contributed by atoms with Gasteiger partial charge < -0.3 is 10.2 Å². The number of carbonyl (C=O) groups is 1. The summed E-state index contributed by atoms with van der Waals surface area (Å²) in [6.45, 7) is 0. The molecule has 1 fully saturated rings. The summed E-state index contributed by atoms with van der Waals surface area (Å²) in [7, 11) is 0. The minimum absolute atomic E-state index is 0.133. The van der Waals surface area contributed by atoms with Crippen molar-refractivity contribution in [2.75, 3.05) is 0 Å². The molecule has 1 rings (SSSR count). The number of alkyl halides is 1. The Morgan fingerprint density at radius 1 is 1.55 bits per heavy atom. The van der Waals surface area contributed by atoms with Crippen LogP contribution >= 0.6 is 22.6 Å². The minimum atomic E-state index is -1.46. The van der Waals surface area contributed by atoms with Gasteiger partial charge in [-0.3, -0.25) is 0 Å². The molecule has 0 spiro atoms. The van der Waals surface area contributed by atoms with E-state index in [4.69, 9.17) is 5.11 Å². The van der Waals surface area contributed by atoms with Gasteiger partial charge in [-0.05, 0) is 19.3 Å². The van der Waals surface area contributed by atoms with Gasteiger partial charge in [0, 0.05) is 0 Å². The zero-order chi connectivity index (χ0) is 8.48. The summed E-state index contributed by atoms with van der Waals surface area (Å²) in [6.07, 6.45) is 3.06. The average Bonchev–Trinajstić information content (AvgIpc) is 1.95.